The summed E-state index contributed by atoms with van der Waals surface area (Å²) < 4.78 is 10.7. The zero-order valence-corrected chi connectivity index (χ0v) is 18.7. The van der Waals surface area contributed by atoms with Crippen LogP contribution in [-0.2, 0) is 25.5 Å². The highest BCUT2D eigenvalue weighted by molar-refractivity contribution is 6.09. The third kappa shape index (κ3) is 6.79. The molecule has 0 aromatic heterocycles. The lowest BCUT2D eigenvalue weighted by molar-refractivity contribution is -0.141. The minimum atomic E-state index is -1.21. The first kappa shape index (κ1) is 24.2. The molecular formula is C23H25N5O6. The number of amides is 3. The van der Waals surface area contributed by atoms with Gasteiger partial charge in [-0.1, -0.05) is 36.4 Å². The van der Waals surface area contributed by atoms with E-state index in [1.807, 2.05) is 6.07 Å². The number of guanidine groups is 1. The Kier molecular flexibility index (Phi) is 8.16. The van der Waals surface area contributed by atoms with Crippen LogP contribution in [0.5, 0.6) is 5.75 Å². The van der Waals surface area contributed by atoms with Crippen molar-refractivity contribution in [1.82, 2.24) is 15.8 Å². The van der Waals surface area contributed by atoms with Crippen molar-refractivity contribution in [2.45, 2.75) is 32.4 Å². The Bertz CT molecular complexity index is 1070. The molecule has 0 spiro atoms. The van der Waals surface area contributed by atoms with E-state index in [1.165, 1.54) is 6.07 Å². The molecular weight excluding hydrogens is 442 g/mol. The number of benzene rings is 2. The fourth-order valence-corrected chi connectivity index (χ4v) is 3.09. The number of esters is 1. The van der Waals surface area contributed by atoms with Crippen LogP contribution in [0.15, 0.2) is 59.6 Å². The summed E-state index contributed by atoms with van der Waals surface area (Å²) in [6.45, 7) is 3.33. The number of nitrogens with one attached hydrogen (secondary N) is 3. The second-order valence-corrected chi connectivity index (χ2v) is 7.54. The van der Waals surface area contributed by atoms with Crippen LogP contribution < -0.4 is 20.8 Å². The largest absolute Gasteiger partial charge is 0.445 e. The van der Waals surface area contributed by atoms with E-state index in [-0.39, 0.29) is 37.0 Å². The van der Waals surface area contributed by atoms with Gasteiger partial charge in [-0.2, -0.15) is 0 Å². The van der Waals surface area contributed by atoms with Crippen molar-refractivity contribution in [3.63, 3.8) is 0 Å². The van der Waals surface area contributed by atoms with Crippen LogP contribution in [0.25, 0.3) is 0 Å². The van der Waals surface area contributed by atoms with E-state index in [2.05, 4.69) is 21.1 Å². The fourth-order valence-electron chi connectivity index (χ4n) is 3.09. The Morgan fingerprint density at radius 3 is 2.59 bits per heavy atom. The average Bonchev–Trinajstić information content (AvgIpc) is 3.21. The lowest BCUT2D eigenvalue weighted by Gasteiger charge is -2.29. The number of anilines is 1. The Hall–Kier alpha value is -4.41. The number of ether oxygens (including phenoxy) is 2. The third-order valence-corrected chi connectivity index (χ3v) is 4.53. The standard InChI is InChI=1S/C23H25N5O6/c1-15(2)33-23(32)28(25-14-29)19(11-16-7-4-3-5-8-16)21(31)34-18-10-6-9-17(12-18)26-22-24-13-20(30)27-22/h3-10,12,14-15,19H,11,13H2,1-2H3,(H,25,29)(H2,24,26,27,30)/t19-/m0/s1. The quantitative estimate of drug-likeness (QED) is 0.220. The molecule has 11 heteroatoms. The number of nitrogens with zero attached hydrogens (tertiary/aromatic N) is 2. The maximum absolute atomic E-state index is 13.2. The topological polar surface area (TPSA) is 138 Å². The molecule has 1 aliphatic rings. The Morgan fingerprint density at radius 2 is 1.94 bits per heavy atom. The first-order valence-electron chi connectivity index (χ1n) is 10.5. The van der Waals surface area contributed by atoms with Crippen molar-refractivity contribution in [3.8, 4) is 5.75 Å². The second-order valence-electron chi connectivity index (χ2n) is 7.54. The third-order valence-electron chi connectivity index (χ3n) is 4.53. The number of hydrogen-bond donors (Lipinski definition) is 3. The zero-order valence-electron chi connectivity index (χ0n) is 18.7. The monoisotopic (exact) mass is 467 g/mol. The Labute approximate surface area is 196 Å². The minimum Gasteiger partial charge on any atom is -0.445 e. The summed E-state index contributed by atoms with van der Waals surface area (Å²) >= 11 is 0. The van der Waals surface area contributed by atoms with Gasteiger partial charge in [0.1, 0.15) is 12.3 Å². The smallest absolute Gasteiger partial charge is 0.429 e. The summed E-state index contributed by atoms with van der Waals surface area (Å²) in [4.78, 5) is 52.3. The van der Waals surface area contributed by atoms with E-state index in [0.29, 0.717) is 5.69 Å². The van der Waals surface area contributed by atoms with E-state index in [1.54, 1.807) is 56.3 Å². The van der Waals surface area contributed by atoms with E-state index in [0.717, 1.165) is 10.6 Å². The molecule has 2 aromatic rings. The Morgan fingerprint density at radius 1 is 1.18 bits per heavy atom. The first-order chi connectivity index (χ1) is 16.4. The second kappa shape index (κ2) is 11.5. The molecule has 3 N–H and O–H groups in total. The molecule has 3 amide bonds. The van der Waals surface area contributed by atoms with Crippen molar-refractivity contribution in [3.05, 3.63) is 60.2 Å². The van der Waals surface area contributed by atoms with Crippen LogP contribution in [0.2, 0.25) is 0 Å². The molecule has 1 atom stereocenters. The van der Waals surface area contributed by atoms with Gasteiger partial charge in [0.25, 0.3) is 0 Å². The summed E-state index contributed by atoms with van der Waals surface area (Å²) in [5, 5.41) is 6.29. The minimum absolute atomic E-state index is 0.0320. The van der Waals surface area contributed by atoms with Crippen molar-refractivity contribution in [1.29, 1.82) is 0 Å². The molecule has 0 unspecified atom stereocenters. The van der Waals surface area contributed by atoms with Crippen LogP contribution in [0.3, 0.4) is 0 Å². The van der Waals surface area contributed by atoms with Gasteiger partial charge < -0.3 is 14.8 Å². The maximum Gasteiger partial charge on any atom is 0.429 e. The van der Waals surface area contributed by atoms with Gasteiger partial charge in [0.15, 0.2) is 6.04 Å². The number of carbonyl (C=O) groups excluding carboxylic acids is 4. The van der Waals surface area contributed by atoms with Crippen LogP contribution >= 0.6 is 0 Å². The van der Waals surface area contributed by atoms with Gasteiger partial charge in [-0.15, -0.1) is 0 Å². The molecule has 0 saturated heterocycles. The molecule has 0 saturated carbocycles. The number of hydrazine groups is 1. The summed E-state index contributed by atoms with van der Waals surface area (Å²) in [5.41, 5.74) is 3.51. The average molecular weight is 467 g/mol. The molecule has 2 aromatic carbocycles. The van der Waals surface area contributed by atoms with Gasteiger partial charge in [-0.3, -0.25) is 20.3 Å². The van der Waals surface area contributed by atoms with Crippen molar-refractivity contribution < 1.29 is 28.7 Å². The summed E-state index contributed by atoms with van der Waals surface area (Å²) in [6, 6.07) is 14.2. The highest BCUT2D eigenvalue weighted by Gasteiger charge is 2.34. The van der Waals surface area contributed by atoms with E-state index >= 15 is 0 Å². The van der Waals surface area contributed by atoms with E-state index in [4.69, 9.17) is 9.47 Å². The number of rotatable bonds is 9. The molecule has 0 bridgehead atoms. The first-order valence-corrected chi connectivity index (χ1v) is 10.5. The van der Waals surface area contributed by atoms with Gasteiger partial charge in [0.05, 0.1) is 6.10 Å². The highest BCUT2D eigenvalue weighted by atomic mass is 16.6. The van der Waals surface area contributed by atoms with Gasteiger partial charge in [0.2, 0.25) is 18.3 Å². The lowest BCUT2D eigenvalue weighted by Crippen LogP contribution is -2.55. The molecule has 178 valence electrons. The molecule has 11 nitrogen and oxygen atoms in total. The van der Waals surface area contributed by atoms with Crippen molar-refractivity contribution in [2.75, 3.05) is 11.9 Å². The van der Waals surface area contributed by atoms with Gasteiger partial charge in [0, 0.05) is 18.2 Å². The van der Waals surface area contributed by atoms with Crippen molar-refractivity contribution >= 4 is 36.0 Å². The van der Waals surface area contributed by atoms with Crippen LogP contribution in [0, 0.1) is 0 Å². The molecule has 34 heavy (non-hydrogen) atoms. The zero-order chi connectivity index (χ0) is 24.5. The highest BCUT2D eigenvalue weighted by Crippen LogP contribution is 2.20. The molecule has 0 aliphatic carbocycles. The van der Waals surface area contributed by atoms with Crippen molar-refractivity contribution in [2.24, 2.45) is 4.99 Å². The fraction of sp³-hybridized carbons (Fsp3) is 0.261. The summed E-state index contributed by atoms with van der Waals surface area (Å²) in [5.74, 6) is -0.554. The molecule has 1 heterocycles. The van der Waals surface area contributed by atoms with Gasteiger partial charge in [-0.05, 0) is 31.5 Å². The Balaban J connectivity index is 1.81. The lowest BCUT2D eigenvalue weighted by atomic mass is 10.1. The van der Waals surface area contributed by atoms with Crippen LogP contribution in [0.1, 0.15) is 19.4 Å². The SMILES string of the molecule is CC(C)OC(=O)N(NC=O)[C@@H](Cc1ccccc1)C(=O)Oc1cccc(NC2=NCC(=O)N2)c1. The van der Waals surface area contributed by atoms with Crippen LogP contribution in [-0.4, -0.2) is 54.0 Å². The summed E-state index contributed by atoms with van der Waals surface area (Å²) in [7, 11) is 0. The number of carbonyl (C=O) groups is 4. The molecule has 0 fully saturated rings. The molecule has 0 radical (unpaired) electrons. The number of aliphatic imine (C=N–C) groups is 1. The van der Waals surface area contributed by atoms with Gasteiger partial charge >= 0.3 is 12.1 Å². The van der Waals surface area contributed by atoms with Crippen LogP contribution in [0.4, 0.5) is 10.5 Å². The summed E-state index contributed by atoms with van der Waals surface area (Å²) in [6.07, 6.45) is -1.02. The number of hydrogen-bond acceptors (Lipinski definition) is 8. The van der Waals surface area contributed by atoms with E-state index in [9.17, 15) is 19.2 Å². The normalized spacial score (nSPS) is 13.4. The van der Waals surface area contributed by atoms with Gasteiger partial charge in [-0.25, -0.2) is 19.6 Å². The van der Waals surface area contributed by atoms with E-state index < -0.39 is 24.2 Å². The maximum atomic E-state index is 13.2. The molecule has 1 aliphatic heterocycles. The predicted molar refractivity (Wildman–Crippen MR) is 123 cm³/mol. The molecule has 3 rings (SSSR count). The predicted octanol–water partition coefficient (Wildman–Crippen LogP) is 1.61.